The van der Waals surface area contributed by atoms with E-state index in [1.807, 2.05) is 6.92 Å². The number of rotatable bonds is 4. The molecule has 5 nitrogen and oxygen atoms in total. The van der Waals surface area contributed by atoms with Gasteiger partial charge in [0.05, 0.1) is 6.10 Å². The molecule has 1 atom stereocenters. The minimum atomic E-state index is 0.318. The molecule has 1 aliphatic heterocycles. The van der Waals surface area contributed by atoms with Crippen molar-refractivity contribution in [3.8, 4) is 0 Å². The zero-order valence-electron chi connectivity index (χ0n) is 10.4. The highest BCUT2D eigenvalue weighted by Crippen LogP contribution is 2.13. The highest BCUT2D eigenvalue weighted by molar-refractivity contribution is 5.79. The van der Waals surface area contributed by atoms with Crippen LogP contribution in [0.1, 0.15) is 33.1 Å². The largest absolute Gasteiger partial charge is 0.377 e. The van der Waals surface area contributed by atoms with Crippen LogP contribution < -0.4 is 11.3 Å². The minimum absolute atomic E-state index is 0.318. The van der Waals surface area contributed by atoms with Gasteiger partial charge in [-0.1, -0.05) is 6.92 Å². The summed E-state index contributed by atoms with van der Waals surface area (Å²) in [5.74, 6) is 6.30. The van der Waals surface area contributed by atoms with E-state index in [0.717, 1.165) is 51.5 Å². The molecule has 0 aromatic carbocycles. The molecule has 94 valence electrons. The third-order valence-electron chi connectivity index (χ3n) is 2.69. The monoisotopic (exact) mass is 228 g/mol. The molecule has 0 radical (unpaired) electrons. The molecule has 1 unspecified atom stereocenters. The summed E-state index contributed by atoms with van der Waals surface area (Å²) >= 11 is 0. The number of hydrogen-bond donors (Lipinski definition) is 2. The molecule has 0 bridgehead atoms. The van der Waals surface area contributed by atoms with Gasteiger partial charge in [0.25, 0.3) is 0 Å². The van der Waals surface area contributed by atoms with Crippen LogP contribution in [-0.4, -0.2) is 43.2 Å². The van der Waals surface area contributed by atoms with Crippen molar-refractivity contribution in [1.82, 2.24) is 10.3 Å². The van der Waals surface area contributed by atoms with Crippen molar-refractivity contribution >= 4 is 5.96 Å². The summed E-state index contributed by atoms with van der Waals surface area (Å²) in [5.41, 5.74) is 2.69. The fraction of sp³-hybridized carbons (Fsp3) is 0.909. The average molecular weight is 228 g/mol. The molecule has 3 N–H and O–H groups in total. The van der Waals surface area contributed by atoms with Crippen molar-refractivity contribution in [2.45, 2.75) is 39.2 Å². The molecule has 0 spiro atoms. The van der Waals surface area contributed by atoms with Gasteiger partial charge >= 0.3 is 0 Å². The number of hydrogen-bond acceptors (Lipinski definition) is 3. The molecule has 5 heteroatoms. The van der Waals surface area contributed by atoms with Gasteiger partial charge in [0.15, 0.2) is 0 Å². The van der Waals surface area contributed by atoms with Crippen LogP contribution in [0.4, 0.5) is 0 Å². The van der Waals surface area contributed by atoms with Crippen LogP contribution in [0.25, 0.3) is 0 Å². The highest BCUT2D eigenvalue weighted by atomic mass is 16.5. The van der Waals surface area contributed by atoms with Crippen molar-refractivity contribution in [3.05, 3.63) is 0 Å². The maximum absolute atomic E-state index is 5.65. The van der Waals surface area contributed by atoms with E-state index in [-0.39, 0.29) is 0 Å². The number of nitrogens with one attached hydrogen (secondary N) is 1. The Hall–Kier alpha value is -0.810. The molecule has 0 aliphatic carbocycles. The summed E-state index contributed by atoms with van der Waals surface area (Å²) in [6, 6.07) is 0. The van der Waals surface area contributed by atoms with Crippen LogP contribution in [0.2, 0.25) is 0 Å². The fourth-order valence-electron chi connectivity index (χ4n) is 1.96. The van der Waals surface area contributed by atoms with Crippen LogP contribution in [-0.2, 0) is 4.74 Å². The second kappa shape index (κ2) is 7.46. The lowest BCUT2D eigenvalue weighted by molar-refractivity contribution is 0.0227. The normalized spacial score (nSPS) is 22.3. The third-order valence-corrected chi connectivity index (χ3v) is 2.69. The van der Waals surface area contributed by atoms with Gasteiger partial charge in [-0.05, 0) is 26.2 Å². The smallest absolute Gasteiger partial charge is 0.208 e. The molecule has 1 fully saturated rings. The van der Waals surface area contributed by atoms with Crippen LogP contribution >= 0.6 is 0 Å². The summed E-state index contributed by atoms with van der Waals surface area (Å²) in [5, 5.41) is 0. The zero-order chi connectivity index (χ0) is 11.8. The molecule has 1 rings (SSSR count). The first kappa shape index (κ1) is 13.3. The third kappa shape index (κ3) is 3.98. The summed E-state index contributed by atoms with van der Waals surface area (Å²) in [4.78, 5) is 6.61. The summed E-state index contributed by atoms with van der Waals surface area (Å²) in [6.45, 7) is 7.63. The molecule has 1 aliphatic rings. The topological polar surface area (TPSA) is 62.9 Å². The molecular weight excluding hydrogens is 204 g/mol. The van der Waals surface area contributed by atoms with Crippen LogP contribution in [0.3, 0.4) is 0 Å². The Morgan fingerprint density at radius 1 is 1.56 bits per heavy atom. The van der Waals surface area contributed by atoms with Crippen molar-refractivity contribution in [2.75, 3.05) is 26.2 Å². The second-order valence-corrected chi connectivity index (χ2v) is 4.02. The average Bonchev–Trinajstić information content (AvgIpc) is 2.31. The number of likely N-dealkylation sites (tertiary alicyclic amines) is 1. The summed E-state index contributed by atoms with van der Waals surface area (Å²) in [6.07, 6.45) is 3.63. The van der Waals surface area contributed by atoms with E-state index in [0.29, 0.717) is 6.10 Å². The molecule has 0 amide bonds. The van der Waals surface area contributed by atoms with E-state index in [1.54, 1.807) is 0 Å². The van der Waals surface area contributed by atoms with Crippen LogP contribution in [0.15, 0.2) is 4.99 Å². The molecule has 16 heavy (non-hydrogen) atoms. The Kier molecular flexibility index (Phi) is 6.18. The SMILES string of the molecule is CCCN=C(NN)N1CCCC(OCC)C1. The van der Waals surface area contributed by atoms with Gasteiger partial charge in [0.1, 0.15) is 0 Å². The zero-order valence-corrected chi connectivity index (χ0v) is 10.4. The number of aliphatic imine (C=N–C) groups is 1. The van der Waals surface area contributed by atoms with E-state index in [9.17, 15) is 0 Å². The fourth-order valence-corrected chi connectivity index (χ4v) is 1.96. The number of guanidine groups is 1. The van der Waals surface area contributed by atoms with Gasteiger partial charge < -0.3 is 9.64 Å². The van der Waals surface area contributed by atoms with Crippen molar-refractivity contribution in [3.63, 3.8) is 0 Å². The van der Waals surface area contributed by atoms with Crippen molar-refractivity contribution in [1.29, 1.82) is 0 Å². The summed E-state index contributed by atoms with van der Waals surface area (Å²) < 4.78 is 5.65. The van der Waals surface area contributed by atoms with E-state index < -0.39 is 0 Å². The lowest BCUT2D eigenvalue weighted by atomic mass is 10.1. The Labute approximate surface area is 98.0 Å². The van der Waals surface area contributed by atoms with Crippen LogP contribution in [0, 0.1) is 0 Å². The minimum Gasteiger partial charge on any atom is -0.377 e. The Balaban J connectivity index is 2.49. The highest BCUT2D eigenvalue weighted by Gasteiger charge is 2.21. The van der Waals surface area contributed by atoms with Crippen molar-refractivity contribution in [2.24, 2.45) is 10.8 Å². The molecule has 0 saturated carbocycles. The number of nitrogens with two attached hydrogens (primary N) is 1. The second-order valence-electron chi connectivity index (χ2n) is 4.02. The first-order valence-electron chi connectivity index (χ1n) is 6.19. The van der Waals surface area contributed by atoms with Gasteiger partial charge in [0, 0.05) is 26.2 Å². The maximum Gasteiger partial charge on any atom is 0.208 e. The van der Waals surface area contributed by atoms with E-state index >= 15 is 0 Å². The van der Waals surface area contributed by atoms with Gasteiger partial charge in [0.2, 0.25) is 5.96 Å². The number of hydrazine groups is 1. The van der Waals surface area contributed by atoms with E-state index in [4.69, 9.17) is 10.6 Å². The quantitative estimate of drug-likeness (QED) is 0.322. The van der Waals surface area contributed by atoms with Gasteiger partial charge in [-0.25, -0.2) is 5.84 Å². The van der Waals surface area contributed by atoms with Gasteiger partial charge in [-0.3, -0.25) is 10.4 Å². The predicted octanol–water partition coefficient (Wildman–Crippen LogP) is 0.717. The lowest BCUT2D eigenvalue weighted by Crippen LogP contribution is -2.50. The first-order chi connectivity index (χ1) is 7.81. The Bertz CT molecular complexity index is 218. The number of piperidine rings is 1. The Morgan fingerprint density at radius 3 is 3.00 bits per heavy atom. The molecular formula is C11H24N4O. The summed E-state index contributed by atoms with van der Waals surface area (Å²) in [7, 11) is 0. The number of ether oxygens (including phenoxy) is 1. The molecule has 1 heterocycles. The first-order valence-corrected chi connectivity index (χ1v) is 6.19. The van der Waals surface area contributed by atoms with Gasteiger partial charge in [-0.2, -0.15) is 0 Å². The predicted molar refractivity (Wildman–Crippen MR) is 66.1 cm³/mol. The van der Waals surface area contributed by atoms with E-state index in [1.165, 1.54) is 0 Å². The van der Waals surface area contributed by atoms with Crippen LogP contribution in [0.5, 0.6) is 0 Å². The van der Waals surface area contributed by atoms with Gasteiger partial charge in [-0.15, -0.1) is 0 Å². The van der Waals surface area contributed by atoms with Crippen molar-refractivity contribution < 1.29 is 4.74 Å². The maximum atomic E-state index is 5.65. The molecule has 1 saturated heterocycles. The van der Waals surface area contributed by atoms with E-state index in [2.05, 4.69) is 22.2 Å². The lowest BCUT2D eigenvalue weighted by Gasteiger charge is -2.34. The molecule has 0 aromatic heterocycles. The molecule has 0 aromatic rings. The Morgan fingerprint density at radius 2 is 2.38 bits per heavy atom. The standard InChI is InChI=1S/C11H24N4O/c1-3-7-13-11(14-12)15-8-5-6-10(9-15)16-4-2/h10H,3-9,12H2,1-2H3,(H,13,14). The number of nitrogens with zero attached hydrogens (tertiary/aromatic N) is 2.